The summed E-state index contributed by atoms with van der Waals surface area (Å²) in [5.41, 5.74) is 6.64. The fraction of sp³-hybridized carbons (Fsp3) is 0.571. The molecule has 2 N–H and O–H groups in total. The van der Waals surface area contributed by atoms with Crippen molar-refractivity contribution in [3.8, 4) is 0 Å². The van der Waals surface area contributed by atoms with Crippen LogP contribution in [0.15, 0.2) is 17.0 Å². The lowest BCUT2D eigenvalue weighted by Crippen LogP contribution is -2.35. The first kappa shape index (κ1) is 16.5. The molecule has 0 amide bonds. The highest BCUT2D eigenvalue weighted by Gasteiger charge is 2.24. The van der Waals surface area contributed by atoms with Gasteiger partial charge in [-0.3, -0.25) is 0 Å². The van der Waals surface area contributed by atoms with E-state index < -0.39 is 10.0 Å². The molecule has 0 bridgehead atoms. The molecule has 0 saturated carbocycles. The van der Waals surface area contributed by atoms with Crippen molar-refractivity contribution >= 4 is 27.3 Å². The van der Waals surface area contributed by atoms with Crippen LogP contribution in [0.1, 0.15) is 18.4 Å². The maximum Gasteiger partial charge on any atom is 0.243 e. The van der Waals surface area contributed by atoms with Crippen molar-refractivity contribution in [3.63, 3.8) is 0 Å². The van der Waals surface area contributed by atoms with Crippen LogP contribution in [0.5, 0.6) is 0 Å². The van der Waals surface area contributed by atoms with Crippen molar-refractivity contribution in [1.82, 2.24) is 9.21 Å². The number of nitrogens with zero attached hydrogens (tertiary/aromatic N) is 2. The standard InChI is InChI=1S/C14H22ClN3O2S/c1-11-9-12(15)13(16)10-14(11)21(19,20)17(2)7-8-18-5-3-4-6-18/h9-10H,3-8,16H2,1-2H3. The Morgan fingerprint density at radius 2 is 1.95 bits per heavy atom. The van der Waals surface area contributed by atoms with Gasteiger partial charge >= 0.3 is 0 Å². The summed E-state index contributed by atoms with van der Waals surface area (Å²) < 4.78 is 26.7. The van der Waals surface area contributed by atoms with Gasteiger partial charge in [0.1, 0.15) is 0 Å². The molecule has 1 saturated heterocycles. The summed E-state index contributed by atoms with van der Waals surface area (Å²) in [6.45, 7) is 5.08. The summed E-state index contributed by atoms with van der Waals surface area (Å²) in [7, 11) is -1.93. The van der Waals surface area contributed by atoms with Crippen molar-refractivity contribution in [2.45, 2.75) is 24.7 Å². The quantitative estimate of drug-likeness (QED) is 0.837. The molecule has 0 spiro atoms. The Balaban J connectivity index is 2.14. The molecule has 1 aromatic rings. The van der Waals surface area contributed by atoms with Gasteiger partial charge in [0.15, 0.2) is 0 Å². The Labute approximate surface area is 131 Å². The topological polar surface area (TPSA) is 66.6 Å². The number of halogens is 1. The van der Waals surface area contributed by atoms with Crippen LogP contribution in [0.4, 0.5) is 5.69 Å². The largest absolute Gasteiger partial charge is 0.397 e. The van der Waals surface area contributed by atoms with Crippen LogP contribution in [-0.2, 0) is 10.0 Å². The fourth-order valence-electron chi connectivity index (χ4n) is 2.52. The number of benzene rings is 1. The summed E-state index contributed by atoms with van der Waals surface area (Å²) in [6.07, 6.45) is 2.40. The molecule has 2 rings (SSSR count). The van der Waals surface area contributed by atoms with Gasteiger partial charge in [0, 0.05) is 20.1 Å². The minimum Gasteiger partial charge on any atom is -0.397 e. The predicted octanol–water partition coefficient (Wildman–Crippen LogP) is 1.95. The van der Waals surface area contributed by atoms with E-state index in [1.165, 1.54) is 23.2 Å². The van der Waals surface area contributed by atoms with Gasteiger partial charge in [-0.1, -0.05) is 11.6 Å². The van der Waals surface area contributed by atoms with Crippen LogP contribution in [0.2, 0.25) is 5.02 Å². The minimum atomic E-state index is -3.53. The second-order valence-electron chi connectivity index (χ2n) is 5.51. The number of hydrogen-bond acceptors (Lipinski definition) is 4. The SMILES string of the molecule is Cc1cc(Cl)c(N)cc1S(=O)(=O)N(C)CCN1CCCC1. The Kier molecular flexibility index (Phi) is 5.14. The van der Waals surface area contributed by atoms with Crippen LogP contribution >= 0.6 is 11.6 Å². The normalized spacial score (nSPS) is 16.8. The summed E-state index contributed by atoms with van der Waals surface area (Å²) >= 11 is 5.92. The molecule has 1 aliphatic rings. The molecule has 118 valence electrons. The summed E-state index contributed by atoms with van der Waals surface area (Å²) in [5, 5.41) is 0.381. The van der Waals surface area contributed by atoms with E-state index in [-0.39, 0.29) is 10.6 Å². The molecule has 0 atom stereocenters. The second kappa shape index (κ2) is 6.52. The van der Waals surface area contributed by atoms with E-state index in [1.54, 1.807) is 20.0 Å². The van der Waals surface area contributed by atoms with Crippen LogP contribution in [0, 0.1) is 6.92 Å². The smallest absolute Gasteiger partial charge is 0.243 e. The Morgan fingerprint density at radius 1 is 1.33 bits per heavy atom. The lowest BCUT2D eigenvalue weighted by Gasteiger charge is -2.22. The number of anilines is 1. The van der Waals surface area contributed by atoms with Crippen LogP contribution in [0.25, 0.3) is 0 Å². The third-order valence-electron chi connectivity index (χ3n) is 3.91. The summed E-state index contributed by atoms with van der Waals surface area (Å²) in [5.74, 6) is 0. The van der Waals surface area contributed by atoms with E-state index >= 15 is 0 Å². The third kappa shape index (κ3) is 3.69. The maximum atomic E-state index is 12.6. The molecule has 0 radical (unpaired) electrons. The van der Waals surface area contributed by atoms with Crippen LogP contribution in [0.3, 0.4) is 0 Å². The zero-order valence-electron chi connectivity index (χ0n) is 12.5. The molecule has 5 nitrogen and oxygen atoms in total. The number of nitrogen functional groups attached to an aromatic ring is 1. The van der Waals surface area contributed by atoms with E-state index in [9.17, 15) is 8.42 Å². The molecular formula is C14H22ClN3O2S. The number of likely N-dealkylation sites (tertiary alicyclic amines) is 1. The van der Waals surface area contributed by atoms with Gasteiger partial charge in [-0.05, 0) is 50.6 Å². The number of aryl methyl sites for hydroxylation is 1. The third-order valence-corrected chi connectivity index (χ3v) is 6.24. The molecule has 0 unspecified atom stereocenters. The van der Waals surface area contributed by atoms with Crippen LogP contribution in [-0.4, -0.2) is 50.8 Å². The van der Waals surface area contributed by atoms with Crippen molar-refractivity contribution in [2.75, 3.05) is 39.0 Å². The van der Waals surface area contributed by atoms with Gasteiger partial charge < -0.3 is 10.6 Å². The van der Waals surface area contributed by atoms with Gasteiger partial charge in [-0.15, -0.1) is 0 Å². The number of sulfonamides is 1. The van der Waals surface area contributed by atoms with Crippen molar-refractivity contribution in [1.29, 1.82) is 0 Å². The summed E-state index contributed by atoms with van der Waals surface area (Å²) in [4.78, 5) is 2.52. The minimum absolute atomic E-state index is 0.230. The van der Waals surface area contributed by atoms with Gasteiger partial charge in [0.05, 0.1) is 15.6 Å². The first-order valence-corrected chi connectivity index (χ1v) is 8.88. The van der Waals surface area contributed by atoms with Crippen LogP contribution < -0.4 is 5.73 Å². The fourth-order valence-corrected chi connectivity index (χ4v) is 4.14. The number of rotatable bonds is 5. The zero-order chi connectivity index (χ0) is 15.6. The number of hydrogen-bond donors (Lipinski definition) is 1. The molecule has 1 heterocycles. The molecule has 21 heavy (non-hydrogen) atoms. The van der Waals surface area contributed by atoms with Crippen molar-refractivity contribution in [3.05, 3.63) is 22.7 Å². The molecule has 7 heteroatoms. The first-order chi connectivity index (χ1) is 9.82. The molecule has 1 aliphatic heterocycles. The molecular weight excluding hydrogens is 310 g/mol. The Morgan fingerprint density at radius 3 is 2.57 bits per heavy atom. The second-order valence-corrected chi connectivity index (χ2v) is 7.94. The van der Waals surface area contributed by atoms with Crippen molar-refractivity contribution < 1.29 is 8.42 Å². The van der Waals surface area contributed by atoms with E-state index in [4.69, 9.17) is 17.3 Å². The highest BCUT2D eigenvalue weighted by atomic mass is 35.5. The van der Waals surface area contributed by atoms with Gasteiger partial charge in [0.2, 0.25) is 10.0 Å². The average Bonchev–Trinajstić information content (AvgIpc) is 2.93. The maximum absolute atomic E-state index is 12.6. The Hall–Kier alpha value is -0.820. The molecule has 1 fully saturated rings. The number of likely N-dealkylation sites (N-methyl/N-ethyl adjacent to an activating group) is 1. The monoisotopic (exact) mass is 331 g/mol. The molecule has 1 aromatic carbocycles. The highest BCUT2D eigenvalue weighted by Crippen LogP contribution is 2.27. The van der Waals surface area contributed by atoms with Crippen molar-refractivity contribution in [2.24, 2.45) is 0 Å². The average molecular weight is 332 g/mol. The van der Waals surface area contributed by atoms with E-state index in [1.807, 2.05) is 0 Å². The van der Waals surface area contributed by atoms with E-state index in [2.05, 4.69) is 4.90 Å². The van der Waals surface area contributed by atoms with E-state index in [0.717, 1.165) is 19.6 Å². The zero-order valence-corrected chi connectivity index (χ0v) is 14.0. The highest BCUT2D eigenvalue weighted by molar-refractivity contribution is 7.89. The molecule has 0 aromatic heterocycles. The lowest BCUT2D eigenvalue weighted by atomic mass is 10.2. The number of nitrogens with two attached hydrogens (primary N) is 1. The first-order valence-electron chi connectivity index (χ1n) is 7.06. The van der Waals surface area contributed by atoms with Gasteiger partial charge in [-0.2, -0.15) is 4.31 Å². The molecule has 0 aliphatic carbocycles. The summed E-state index contributed by atoms with van der Waals surface area (Å²) in [6, 6.07) is 3.04. The van der Waals surface area contributed by atoms with E-state index in [0.29, 0.717) is 17.1 Å². The Bertz CT molecular complexity index is 613. The predicted molar refractivity (Wildman–Crippen MR) is 86.1 cm³/mol. The van der Waals surface area contributed by atoms with Gasteiger partial charge in [0.25, 0.3) is 0 Å². The van der Waals surface area contributed by atoms with Gasteiger partial charge in [-0.25, -0.2) is 8.42 Å². The lowest BCUT2D eigenvalue weighted by molar-refractivity contribution is 0.310.